The van der Waals surface area contributed by atoms with Gasteiger partial charge in [-0.25, -0.2) is 4.79 Å². The number of carbonyl (C=O) groups is 1. The molecule has 84 valence electrons. The van der Waals surface area contributed by atoms with Gasteiger partial charge < -0.3 is 4.74 Å². The molecule has 4 nitrogen and oxygen atoms in total. The number of ether oxygens (including phenoxy) is 1. The van der Waals surface area contributed by atoms with E-state index in [2.05, 4.69) is 6.07 Å². The second kappa shape index (κ2) is 5.01. The van der Waals surface area contributed by atoms with Crippen molar-refractivity contribution in [2.45, 2.75) is 44.6 Å². The largest absolute Gasteiger partial charge is 0.453 e. The van der Waals surface area contributed by atoms with Crippen LogP contribution in [0.1, 0.15) is 39.0 Å². The fraction of sp³-hybridized carbons (Fsp3) is 0.818. The second-order valence-electron chi connectivity index (χ2n) is 3.97. The molecule has 0 N–H and O–H groups in total. The molecule has 1 fully saturated rings. The molecule has 1 heterocycles. The van der Waals surface area contributed by atoms with Gasteiger partial charge in [-0.1, -0.05) is 13.3 Å². The van der Waals surface area contributed by atoms with E-state index in [9.17, 15) is 10.1 Å². The predicted octanol–water partition coefficient (Wildman–Crippen LogP) is 2.30. The molecule has 15 heavy (non-hydrogen) atoms. The molecule has 0 aliphatic carbocycles. The lowest BCUT2D eigenvalue weighted by atomic mass is 9.84. The van der Waals surface area contributed by atoms with Crippen molar-refractivity contribution in [1.29, 1.82) is 5.26 Å². The summed E-state index contributed by atoms with van der Waals surface area (Å²) in [6.07, 6.45) is 4.01. The van der Waals surface area contributed by atoms with Crippen LogP contribution in [0.3, 0.4) is 0 Å². The lowest BCUT2D eigenvalue weighted by Crippen LogP contribution is -2.53. The van der Waals surface area contributed by atoms with Crippen molar-refractivity contribution in [3.05, 3.63) is 0 Å². The summed E-state index contributed by atoms with van der Waals surface area (Å²) in [5.41, 5.74) is -0.625. The predicted molar refractivity (Wildman–Crippen MR) is 56.2 cm³/mol. The molecule has 0 bridgehead atoms. The number of carbonyl (C=O) groups excluding carboxylic acids is 1. The van der Waals surface area contributed by atoms with Gasteiger partial charge in [-0.15, -0.1) is 0 Å². The molecular formula is C11H18N2O2. The number of methoxy groups -OCH3 is 1. The summed E-state index contributed by atoms with van der Waals surface area (Å²) in [6, 6.07) is 2.31. The Kier molecular flexibility index (Phi) is 3.96. The van der Waals surface area contributed by atoms with E-state index in [0.29, 0.717) is 6.54 Å². The van der Waals surface area contributed by atoms with E-state index in [0.717, 1.165) is 32.1 Å². The first-order valence-corrected chi connectivity index (χ1v) is 5.47. The van der Waals surface area contributed by atoms with Gasteiger partial charge in [0, 0.05) is 6.54 Å². The number of amides is 1. The third kappa shape index (κ3) is 2.23. The Labute approximate surface area is 90.8 Å². The van der Waals surface area contributed by atoms with Crippen LogP contribution < -0.4 is 0 Å². The highest BCUT2D eigenvalue weighted by Gasteiger charge is 2.41. The number of piperidine rings is 1. The van der Waals surface area contributed by atoms with Gasteiger partial charge in [-0.3, -0.25) is 4.90 Å². The molecule has 1 aliphatic heterocycles. The van der Waals surface area contributed by atoms with Crippen LogP contribution in [0.25, 0.3) is 0 Å². The van der Waals surface area contributed by atoms with Crippen LogP contribution in [-0.2, 0) is 4.74 Å². The van der Waals surface area contributed by atoms with Crippen LogP contribution in [0, 0.1) is 11.3 Å². The number of likely N-dealkylation sites (tertiary alicyclic amines) is 1. The maximum absolute atomic E-state index is 11.6. The van der Waals surface area contributed by atoms with Crippen LogP contribution in [0.2, 0.25) is 0 Å². The maximum atomic E-state index is 11.6. The summed E-state index contributed by atoms with van der Waals surface area (Å²) in [6.45, 7) is 2.67. The van der Waals surface area contributed by atoms with E-state index in [4.69, 9.17) is 4.74 Å². The van der Waals surface area contributed by atoms with E-state index in [1.54, 1.807) is 4.90 Å². The number of hydrogen-bond donors (Lipinski definition) is 0. The minimum atomic E-state index is -0.625. The summed E-state index contributed by atoms with van der Waals surface area (Å²) in [4.78, 5) is 13.2. The van der Waals surface area contributed by atoms with Gasteiger partial charge in [0.25, 0.3) is 0 Å². The van der Waals surface area contributed by atoms with Crippen LogP contribution >= 0.6 is 0 Å². The number of nitriles is 1. The molecule has 1 aliphatic rings. The first kappa shape index (κ1) is 11.8. The molecule has 0 aromatic carbocycles. The molecule has 0 radical (unpaired) electrons. The molecule has 0 aromatic heterocycles. The quantitative estimate of drug-likeness (QED) is 0.702. The monoisotopic (exact) mass is 210 g/mol. The zero-order chi connectivity index (χ0) is 11.3. The minimum Gasteiger partial charge on any atom is -0.453 e. The smallest absolute Gasteiger partial charge is 0.410 e. The van der Waals surface area contributed by atoms with Crippen molar-refractivity contribution < 1.29 is 9.53 Å². The van der Waals surface area contributed by atoms with Crippen molar-refractivity contribution in [3.8, 4) is 6.07 Å². The molecule has 0 aromatic rings. The zero-order valence-corrected chi connectivity index (χ0v) is 9.45. The molecular weight excluding hydrogens is 192 g/mol. The third-order valence-electron chi connectivity index (χ3n) is 3.01. The fourth-order valence-corrected chi connectivity index (χ4v) is 2.26. The Morgan fingerprint density at radius 3 is 2.87 bits per heavy atom. The van der Waals surface area contributed by atoms with Crippen molar-refractivity contribution in [3.63, 3.8) is 0 Å². The summed E-state index contributed by atoms with van der Waals surface area (Å²) in [7, 11) is 1.37. The fourth-order valence-electron chi connectivity index (χ4n) is 2.26. The Bertz CT molecular complexity index is 268. The van der Waals surface area contributed by atoms with E-state index >= 15 is 0 Å². The van der Waals surface area contributed by atoms with Gasteiger partial charge in [-0.2, -0.15) is 5.26 Å². The molecule has 0 spiro atoms. The third-order valence-corrected chi connectivity index (χ3v) is 3.01. The van der Waals surface area contributed by atoms with E-state index in [1.165, 1.54) is 7.11 Å². The van der Waals surface area contributed by atoms with Crippen molar-refractivity contribution in [1.82, 2.24) is 4.90 Å². The number of hydrogen-bond acceptors (Lipinski definition) is 3. The van der Waals surface area contributed by atoms with E-state index in [1.807, 2.05) is 6.92 Å². The van der Waals surface area contributed by atoms with Gasteiger partial charge in [0.2, 0.25) is 0 Å². The Morgan fingerprint density at radius 1 is 1.60 bits per heavy atom. The molecule has 0 saturated carbocycles. The normalized spacial score (nSPS) is 25.8. The second-order valence-corrected chi connectivity index (χ2v) is 3.97. The summed E-state index contributed by atoms with van der Waals surface area (Å²) in [5.74, 6) is 0. The molecule has 1 rings (SSSR count). The standard InChI is InChI=1S/C11H18N2O2/c1-3-6-11(9-12)7-4-5-8-13(11)10(14)15-2/h3-8H2,1-2H3. The van der Waals surface area contributed by atoms with Crippen LogP contribution in [0.5, 0.6) is 0 Å². The van der Waals surface area contributed by atoms with Crippen molar-refractivity contribution in [2.75, 3.05) is 13.7 Å². The number of rotatable bonds is 2. The minimum absolute atomic E-state index is 0.371. The first-order chi connectivity index (χ1) is 7.20. The summed E-state index contributed by atoms with van der Waals surface area (Å²) in [5, 5.41) is 9.29. The van der Waals surface area contributed by atoms with Crippen LogP contribution in [0.4, 0.5) is 4.79 Å². The lowest BCUT2D eigenvalue weighted by molar-refractivity contribution is 0.0594. The van der Waals surface area contributed by atoms with Crippen molar-refractivity contribution >= 4 is 6.09 Å². The van der Waals surface area contributed by atoms with Gasteiger partial charge in [0.05, 0.1) is 13.2 Å². The van der Waals surface area contributed by atoms with E-state index in [-0.39, 0.29) is 6.09 Å². The molecule has 1 unspecified atom stereocenters. The van der Waals surface area contributed by atoms with Crippen LogP contribution in [-0.4, -0.2) is 30.2 Å². The average molecular weight is 210 g/mol. The Hall–Kier alpha value is -1.24. The first-order valence-electron chi connectivity index (χ1n) is 5.47. The SMILES string of the molecule is CCCC1(C#N)CCCCN1C(=O)OC. The topological polar surface area (TPSA) is 53.3 Å². The van der Waals surface area contributed by atoms with Gasteiger partial charge >= 0.3 is 6.09 Å². The molecule has 1 atom stereocenters. The molecule has 1 saturated heterocycles. The van der Waals surface area contributed by atoms with Gasteiger partial charge in [0.1, 0.15) is 5.54 Å². The molecule has 1 amide bonds. The lowest BCUT2D eigenvalue weighted by Gasteiger charge is -2.41. The Balaban J connectivity index is 2.88. The highest BCUT2D eigenvalue weighted by Crippen LogP contribution is 2.32. The maximum Gasteiger partial charge on any atom is 0.410 e. The highest BCUT2D eigenvalue weighted by atomic mass is 16.5. The molecule has 4 heteroatoms. The summed E-state index contributed by atoms with van der Waals surface area (Å²) < 4.78 is 4.73. The Morgan fingerprint density at radius 2 is 2.33 bits per heavy atom. The zero-order valence-electron chi connectivity index (χ0n) is 9.45. The average Bonchev–Trinajstić information content (AvgIpc) is 2.29. The van der Waals surface area contributed by atoms with Crippen LogP contribution in [0.15, 0.2) is 0 Å². The van der Waals surface area contributed by atoms with E-state index < -0.39 is 5.54 Å². The van der Waals surface area contributed by atoms with Gasteiger partial charge in [0.15, 0.2) is 0 Å². The van der Waals surface area contributed by atoms with Crippen molar-refractivity contribution in [2.24, 2.45) is 0 Å². The van der Waals surface area contributed by atoms with Gasteiger partial charge in [-0.05, 0) is 25.7 Å². The summed E-state index contributed by atoms with van der Waals surface area (Å²) >= 11 is 0. The number of nitrogens with zero attached hydrogens (tertiary/aromatic N) is 2. The highest BCUT2D eigenvalue weighted by molar-refractivity contribution is 5.69.